The first-order valence-electron chi connectivity index (χ1n) is 9.06. The van der Waals surface area contributed by atoms with Crippen molar-refractivity contribution in [2.45, 2.75) is 30.8 Å². The van der Waals surface area contributed by atoms with Gasteiger partial charge >= 0.3 is 0 Å². The molecule has 1 saturated heterocycles. The lowest BCUT2D eigenvalue weighted by atomic mass is 10.1. The molecule has 1 fully saturated rings. The number of benzene rings is 2. The predicted molar refractivity (Wildman–Crippen MR) is 106 cm³/mol. The van der Waals surface area contributed by atoms with Gasteiger partial charge in [-0.2, -0.15) is 0 Å². The number of rotatable bonds is 7. The monoisotopic (exact) mass is 404 g/mol. The van der Waals surface area contributed by atoms with Crippen LogP contribution in [0.15, 0.2) is 47.4 Å². The van der Waals surface area contributed by atoms with Gasteiger partial charge < -0.3 is 14.8 Å². The van der Waals surface area contributed by atoms with E-state index in [1.54, 1.807) is 37.3 Å². The van der Waals surface area contributed by atoms with Crippen LogP contribution < -0.4 is 14.8 Å². The van der Waals surface area contributed by atoms with E-state index in [2.05, 4.69) is 10.0 Å². The van der Waals surface area contributed by atoms with Gasteiger partial charge in [-0.3, -0.25) is 9.52 Å². The van der Waals surface area contributed by atoms with E-state index < -0.39 is 10.0 Å². The summed E-state index contributed by atoms with van der Waals surface area (Å²) in [6, 6.07) is 11.0. The summed E-state index contributed by atoms with van der Waals surface area (Å²) in [6.45, 7) is 2.97. The van der Waals surface area contributed by atoms with Crippen LogP contribution in [0.3, 0.4) is 0 Å². The molecule has 0 bridgehead atoms. The van der Waals surface area contributed by atoms with Gasteiger partial charge in [-0.1, -0.05) is 0 Å². The zero-order valence-electron chi connectivity index (χ0n) is 15.9. The lowest BCUT2D eigenvalue weighted by Crippen LogP contribution is -2.31. The molecule has 0 radical (unpaired) electrons. The number of hydrogen-bond donors (Lipinski definition) is 2. The number of methoxy groups -OCH3 is 1. The number of amides is 1. The lowest BCUT2D eigenvalue weighted by molar-refractivity contribution is 0.0857. The van der Waals surface area contributed by atoms with E-state index in [0.717, 1.165) is 19.4 Å². The molecule has 1 aliphatic heterocycles. The van der Waals surface area contributed by atoms with Crippen LogP contribution >= 0.6 is 0 Å². The number of aryl methyl sites for hydroxylation is 1. The zero-order chi connectivity index (χ0) is 20.1. The Morgan fingerprint density at radius 1 is 1.21 bits per heavy atom. The van der Waals surface area contributed by atoms with Crippen LogP contribution in [-0.2, 0) is 14.8 Å². The molecule has 0 aliphatic carbocycles. The van der Waals surface area contributed by atoms with E-state index in [1.807, 2.05) is 0 Å². The molecule has 8 heteroatoms. The number of anilines is 1. The molecule has 1 aliphatic rings. The maximum Gasteiger partial charge on any atom is 0.261 e. The largest absolute Gasteiger partial charge is 0.497 e. The van der Waals surface area contributed by atoms with Crippen LogP contribution in [-0.4, -0.2) is 40.7 Å². The summed E-state index contributed by atoms with van der Waals surface area (Å²) in [6.07, 6.45) is 2.04. The third-order valence-corrected chi connectivity index (χ3v) is 6.00. The Kier molecular flexibility index (Phi) is 6.21. The van der Waals surface area contributed by atoms with E-state index in [4.69, 9.17) is 9.47 Å². The molecule has 1 atom stereocenters. The molecule has 28 heavy (non-hydrogen) atoms. The molecule has 3 rings (SSSR count). The maximum atomic E-state index is 12.6. The normalized spacial score (nSPS) is 16.6. The molecule has 150 valence electrons. The highest BCUT2D eigenvalue weighted by atomic mass is 32.2. The van der Waals surface area contributed by atoms with Crippen molar-refractivity contribution in [1.29, 1.82) is 0 Å². The molecule has 2 aromatic rings. The molecule has 2 N–H and O–H groups in total. The zero-order valence-corrected chi connectivity index (χ0v) is 16.7. The Bertz CT molecular complexity index is 936. The van der Waals surface area contributed by atoms with Crippen molar-refractivity contribution in [2.24, 2.45) is 0 Å². The highest BCUT2D eigenvalue weighted by Crippen LogP contribution is 2.22. The summed E-state index contributed by atoms with van der Waals surface area (Å²) >= 11 is 0. The molecule has 0 saturated carbocycles. The van der Waals surface area contributed by atoms with E-state index in [1.165, 1.54) is 19.2 Å². The van der Waals surface area contributed by atoms with Gasteiger partial charge in [-0.15, -0.1) is 0 Å². The SMILES string of the molecule is COc1ccc(S(=O)(=O)Nc2ccc(C(=O)NCC3CCCO3)cc2C)cc1. The van der Waals surface area contributed by atoms with Crippen molar-refractivity contribution in [3.05, 3.63) is 53.6 Å². The molecule has 1 amide bonds. The van der Waals surface area contributed by atoms with E-state index in [-0.39, 0.29) is 16.9 Å². The van der Waals surface area contributed by atoms with Gasteiger partial charge in [-0.05, 0) is 67.8 Å². The molecule has 1 unspecified atom stereocenters. The summed E-state index contributed by atoms with van der Waals surface area (Å²) in [5, 5.41) is 2.86. The lowest BCUT2D eigenvalue weighted by Gasteiger charge is -2.13. The van der Waals surface area contributed by atoms with Crippen LogP contribution in [0.4, 0.5) is 5.69 Å². The van der Waals surface area contributed by atoms with Crippen LogP contribution in [0.2, 0.25) is 0 Å². The summed E-state index contributed by atoms with van der Waals surface area (Å²) < 4.78 is 38.3. The van der Waals surface area contributed by atoms with Crippen LogP contribution in [0.5, 0.6) is 5.75 Å². The molecule has 7 nitrogen and oxygen atoms in total. The van der Waals surface area contributed by atoms with Crippen LogP contribution in [0, 0.1) is 6.92 Å². The molecular weight excluding hydrogens is 380 g/mol. The molecule has 0 aromatic heterocycles. The quantitative estimate of drug-likeness (QED) is 0.740. The summed E-state index contributed by atoms with van der Waals surface area (Å²) in [4.78, 5) is 12.4. The first kappa shape index (κ1) is 20.2. The first-order valence-corrected chi connectivity index (χ1v) is 10.5. The minimum absolute atomic E-state index is 0.0700. The second-order valence-corrected chi connectivity index (χ2v) is 8.34. The number of hydrogen-bond acceptors (Lipinski definition) is 5. The van der Waals surface area contributed by atoms with Gasteiger partial charge in [0.05, 0.1) is 23.8 Å². The van der Waals surface area contributed by atoms with E-state index >= 15 is 0 Å². The Labute approximate surface area is 165 Å². The molecular formula is C20H24N2O5S. The number of sulfonamides is 1. The van der Waals surface area contributed by atoms with E-state index in [0.29, 0.717) is 29.1 Å². The standard InChI is InChI=1S/C20H24N2O5S/c1-14-12-15(20(23)21-13-17-4-3-11-27-17)5-10-19(14)22-28(24,25)18-8-6-16(26-2)7-9-18/h5-10,12,17,22H,3-4,11,13H2,1-2H3,(H,21,23). The number of nitrogens with one attached hydrogen (secondary N) is 2. The van der Waals surface area contributed by atoms with Gasteiger partial charge in [0.1, 0.15) is 5.75 Å². The fourth-order valence-corrected chi connectivity index (χ4v) is 4.12. The second-order valence-electron chi connectivity index (χ2n) is 6.66. The average Bonchev–Trinajstić information content (AvgIpc) is 3.21. The minimum Gasteiger partial charge on any atom is -0.497 e. The van der Waals surface area contributed by atoms with Gasteiger partial charge in [0.25, 0.3) is 15.9 Å². The Morgan fingerprint density at radius 2 is 1.96 bits per heavy atom. The van der Waals surface area contributed by atoms with E-state index in [9.17, 15) is 13.2 Å². The highest BCUT2D eigenvalue weighted by Gasteiger charge is 2.18. The van der Waals surface area contributed by atoms with Gasteiger partial charge in [0, 0.05) is 18.7 Å². The van der Waals surface area contributed by atoms with Crippen molar-refractivity contribution >= 4 is 21.6 Å². The summed E-state index contributed by atoms with van der Waals surface area (Å²) in [5.74, 6) is 0.372. The third-order valence-electron chi connectivity index (χ3n) is 4.62. The summed E-state index contributed by atoms with van der Waals surface area (Å²) in [7, 11) is -2.22. The van der Waals surface area contributed by atoms with Crippen LogP contribution in [0.1, 0.15) is 28.8 Å². The Hall–Kier alpha value is -2.58. The van der Waals surface area contributed by atoms with Gasteiger partial charge in [0.2, 0.25) is 0 Å². The third kappa shape index (κ3) is 4.82. The van der Waals surface area contributed by atoms with Crippen LogP contribution in [0.25, 0.3) is 0 Å². The van der Waals surface area contributed by atoms with Crippen molar-refractivity contribution < 1.29 is 22.7 Å². The van der Waals surface area contributed by atoms with Crippen molar-refractivity contribution in [2.75, 3.05) is 25.0 Å². The molecule has 1 heterocycles. The summed E-state index contributed by atoms with van der Waals surface area (Å²) in [5.41, 5.74) is 1.55. The van der Waals surface area contributed by atoms with Crippen molar-refractivity contribution in [3.8, 4) is 5.75 Å². The topological polar surface area (TPSA) is 93.7 Å². The smallest absolute Gasteiger partial charge is 0.261 e. The molecule has 2 aromatic carbocycles. The highest BCUT2D eigenvalue weighted by molar-refractivity contribution is 7.92. The van der Waals surface area contributed by atoms with Gasteiger partial charge in [0.15, 0.2) is 0 Å². The minimum atomic E-state index is -3.74. The molecule has 0 spiro atoms. The Morgan fingerprint density at radius 3 is 2.57 bits per heavy atom. The fraction of sp³-hybridized carbons (Fsp3) is 0.350. The number of ether oxygens (including phenoxy) is 2. The fourth-order valence-electron chi connectivity index (χ4n) is 2.99. The Balaban J connectivity index is 1.68. The van der Waals surface area contributed by atoms with Crippen molar-refractivity contribution in [1.82, 2.24) is 5.32 Å². The first-order chi connectivity index (χ1) is 13.4. The average molecular weight is 404 g/mol. The predicted octanol–water partition coefficient (Wildman–Crippen LogP) is 2.71. The second kappa shape index (κ2) is 8.62. The van der Waals surface area contributed by atoms with Crippen molar-refractivity contribution in [3.63, 3.8) is 0 Å². The van der Waals surface area contributed by atoms with Gasteiger partial charge in [-0.25, -0.2) is 8.42 Å². The number of carbonyl (C=O) groups is 1. The number of carbonyl (C=O) groups excluding carboxylic acids is 1. The maximum absolute atomic E-state index is 12.6.